The predicted octanol–water partition coefficient (Wildman–Crippen LogP) is 4.93. The molecule has 1 aliphatic heterocycles. The minimum absolute atomic E-state index is 0.0633. The average molecular weight is 413 g/mol. The molecule has 4 nitrogen and oxygen atoms in total. The predicted molar refractivity (Wildman–Crippen MR) is 111 cm³/mol. The Labute approximate surface area is 172 Å². The van der Waals surface area contributed by atoms with E-state index in [1.807, 2.05) is 4.90 Å². The number of amides is 1. The second kappa shape index (κ2) is 8.45. The van der Waals surface area contributed by atoms with E-state index in [4.69, 9.17) is 0 Å². The van der Waals surface area contributed by atoms with Crippen LogP contribution in [0.1, 0.15) is 19.8 Å². The van der Waals surface area contributed by atoms with Crippen LogP contribution >= 0.6 is 11.8 Å². The van der Waals surface area contributed by atoms with E-state index in [1.165, 1.54) is 36.0 Å². The zero-order valence-electron chi connectivity index (χ0n) is 16.1. The normalized spacial score (nSPS) is 15.1. The molecular formula is C22H21F2N3OS. The van der Waals surface area contributed by atoms with Gasteiger partial charge in [0.2, 0.25) is 5.91 Å². The second-order valence-corrected chi connectivity index (χ2v) is 8.34. The first kappa shape index (κ1) is 19.8. The van der Waals surface area contributed by atoms with Crippen LogP contribution in [0, 0.1) is 17.6 Å². The number of fused-ring (bicyclic) bond motifs is 1. The second-order valence-electron chi connectivity index (χ2n) is 7.37. The van der Waals surface area contributed by atoms with Gasteiger partial charge in [-0.25, -0.2) is 18.7 Å². The van der Waals surface area contributed by atoms with E-state index in [2.05, 4.69) is 16.9 Å². The Morgan fingerprint density at radius 2 is 1.76 bits per heavy atom. The van der Waals surface area contributed by atoms with Gasteiger partial charge in [-0.15, -0.1) is 0 Å². The molecule has 0 bridgehead atoms. The zero-order chi connectivity index (χ0) is 20.4. The van der Waals surface area contributed by atoms with Gasteiger partial charge in [0.1, 0.15) is 16.7 Å². The number of likely N-dealkylation sites (tertiary alicyclic amines) is 1. The summed E-state index contributed by atoms with van der Waals surface area (Å²) < 4.78 is 27.1. The summed E-state index contributed by atoms with van der Waals surface area (Å²) in [4.78, 5) is 23.6. The van der Waals surface area contributed by atoms with Crippen molar-refractivity contribution in [3.63, 3.8) is 0 Å². The molecule has 4 rings (SSSR count). The van der Waals surface area contributed by atoms with Crippen LogP contribution in [0.3, 0.4) is 0 Å². The molecule has 1 saturated heterocycles. The average Bonchev–Trinajstić information content (AvgIpc) is 2.73. The summed E-state index contributed by atoms with van der Waals surface area (Å²) in [6, 6.07) is 10.2. The number of benzene rings is 2. The highest BCUT2D eigenvalue weighted by molar-refractivity contribution is 8.00. The highest BCUT2D eigenvalue weighted by Gasteiger charge is 2.21. The Balaban J connectivity index is 1.62. The van der Waals surface area contributed by atoms with Crippen LogP contribution in [0.5, 0.6) is 0 Å². The fourth-order valence-corrected chi connectivity index (χ4v) is 4.30. The van der Waals surface area contributed by atoms with Crippen LogP contribution in [-0.4, -0.2) is 39.6 Å². The number of carbonyl (C=O) groups is 1. The number of nitrogens with zero attached hydrogens (tertiary/aromatic N) is 3. The topological polar surface area (TPSA) is 46.1 Å². The molecule has 0 saturated carbocycles. The van der Waals surface area contributed by atoms with Crippen molar-refractivity contribution in [3.05, 3.63) is 54.1 Å². The molecule has 0 spiro atoms. The SMILES string of the molecule is CC1CCN(C(=O)CSc2nc(-c3ccc(F)cc3)nc3ccc(F)cc23)CC1. The minimum atomic E-state index is -0.381. The molecular weight excluding hydrogens is 392 g/mol. The smallest absolute Gasteiger partial charge is 0.232 e. The third kappa shape index (κ3) is 4.56. The first-order chi connectivity index (χ1) is 14.0. The molecule has 0 atom stereocenters. The van der Waals surface area contributed by atoms with Gasteiger partial charge in [0.15, 0.2) is 5.82 Å². The summed E-state index contributed by atoms with van der Waals surface area (Å²) in [6.07, 6.45) is 2.04. The van der Waals surface area contributed by atoms with Gasteiger partial charge < -0.3 is 4.90 Å². The van der Waals surface area contributed by atoms with Crippen LogP contribution in [0.15, 0.2) is 47.5 Å². The number of halogens is 2. The van der Waals surface area contributed by atoms with E-state index >= 15 is 0 Å². The number of hydrogen-bond acceptors (Lipinski definition) is 4. The van der Waals surface area contributed by atoms with Crippen molar-refractivity contribution in [2.45, 2.75) is 24.8 Å². The summed E-state index contributed by atoms with van der Waals surface area (Å²) in [5.41, 5.74) is 1.25. The first-order valence-corrected chi connectivity index (χ1v) is 10.6. The van der Waals surface area contributed by atoms with Crippen molar-refractivity contribution >= 4 is 28.6 Å². The van der Waals surface area contributed by atoms with Gasteiger partial charge in [-0.05, 0) is 61.2 Å². The number of rotatable bonds is 4. The summed E-state index contributed by atoms with van der Waals surface area (Å²) in [5, 5.41) is 1.12. The van der Waals surface area contributed by atoms with Crippen molar-refractivity contribution in [3.8, 4) is 11.4 Å². The number of aromatic nitrogens is 2. The molecule has 1 fully saturated rings. The molecule has 2 heterocycles. The summed E-state index contributed by atoms with van der Waals surface area (Å²) >= 11 is 1.29. The van der Waals surface area contributed by atoms with E-state index in [0.717, 1.165) is 25.9 Å². The molecule has 0 unspecified atom stereocenters. The maximum absolute atomic E-state index is 13.8. The lowest BCUT2D eigenvalue weighted by molar-refractivity contribution is -0.129. The lowest BCUT2D eigenvalue weighted by atomic mass is 9.99. The van der Waals surface area contributed by atoms with Gasteiger partial charge in [0, 0.05) is 24.0 Å². The lowest BCUT2D eigenvalue weighted by Gasteiger charge is -2.30. The molecule has 0 radical (unpaired) electrons. The molecule has 150 valence electrons. The number of hydrogen-bond donors (Lipinski definition) is 0. The van der Waals surface area contributed by atoms with Crippen molar-refractivity contribution in [2.75, 3.05) is 18.8 Å². The molecule has 1 aliphatic rings. The molecule has 29 heavy (non-hydrogen) atoms. The Morgan fingerprint density at radius 3 is 2.48 bits per heavy atom. The summed E-state index contributed by atoms with van der Waals surface area (Å²) in [5.74, 6) is 0.652. The quantitative estimate of drug-likeness (QED) is 0.450. The molecule has 7 heteroatoms. The standard InChI is InChI=1S/C22H21F2N3OS/c1-14-8-10-27(11-9-14)20(28)13-29-22-18-12-17(24)6-7-19(18)25-21(26-22)15-2-4-16(23)5-3-15/h2-7,12,14H,8-11,13H2,1H3. The molecule has 0 N–H and O–H groups in total. The van der Waals surface area contributed by atoms with Crippen LogP contribution in [0.4, 0.5) is 8.78 Å². The number of thioether (sulfide) groups is 1. The van der Waals surface area contributed by atoms with Gasteiger partial charge in [0.25, 0.3) is 0 Å². The van der Waals surface area contributed by atoms with Crippen LogP contribution in [0.2, 0.25) is 0 Å². The highest BCUT2D eigenvalue weighted by atomic mass is 32.2. The van der Waals surface area contributed by atoms with Crippen LogP contribution in [0.25, 0.3) is 22.3 Å². The van der Waals surface area contributed by atoms with Crippen molar-refractivity contribution in [1.82, 2.24) is 14.9 Å². The van der Waals surface area contributed by atoms with E-state index in [1.54, 1.807) is 18.2 Å². The van der Waals surface area contributed by atoms with Crippen molar-refractivity contribution in [1.29, 1.82) is 0 Å². The van der Waals surface area contributed by atoms with Gasteiger partial charge in [-0.3, -0.25) is 4.79 Å². The van der Waals surface area contributed by atoms with E-state index in [0.29, 0.717) is 33.2 Å². The third-order valence-corrected chi connectivity index (χ3v) is 6.17. The van der Waals surface area contributed by atoms with E-state index < -0.39 is 0 Å². The fourth-order valence-electron chi connectivity index (χ4n) is 3.39. The Bertz CT molecular complexity index is 1030. The number of carbonyl (C=O) groups excluding carboxylic acids is 1. The molecule has 1 amide bonds. The largest absolute Gasteiger partial charge is 0.342 e. The monoisotopic (exact) mass is 413 g/mol. The molecule has 3 aromatic rings. The molecule has 2 aromatic carbocycles. The summed E-state index contributed by atoms with van der Waals surface area (Å²) in [6.45, 7) is 3.76. The molecule has 1 aromatic heterocycles. The van der Waals surface area contributed by atoms with Crippen molar-refractivity contribution < 1.29 is 13.6 Å². The van der Waals surface area contributed by atoms with Crippen LogP contribution < -0.4 is 0 Å². The van der Waals surface area contributed by atoms with Crippen LogP contribution in [-0.2, 0) is 4.79 Å². The minimum Gasteiger partial charge on any atom is -0.342 e. The number of piperidine rings is 1. The van der Waals surface area contributed by atoms with E-state index in [9.17, 15) is 13.6 Å². The van der Waals surface area contributed by atoms with E-state index in [-0.39, 0.29) is 23.3 Å². The lowest BCUT2D eigenvalue weighted by Crippen LogP contribution is -2.38. The maximum Gasteiger partial charge on any atom is 0.232 e. The highest BCUT2D eigenvalue weighted by Crippen LogP contribution is 2.29. The fraction of sp³-hybridized carbons (Fsp3) is 0.318. The van der Waals surface area contributed by atoms with Gasteiger partial charge in [0.05, 0.1) is 11.3 Å². The van der Waals surface area contributed by atoms with Crippen molar-refractivity contribution in [2.24, 2.45) is 5.92 Å². The van der Waals surface area contributed by atoms with Gasteiger partial charge >= 0.3 is 0 Å². The third-order valence-electron chi connectivity index (χ3n) is 5.19. The van der Waals surface area contributed by atoms with Gasteiger partial charge in [-0.2, -0.15) is 0 Å². The summed E-state index contributed by atoms with van der Waals surface area (Å²) in [7, 11) is 0. The Kier molecular flexibility index (Phi) is 5.76. The Hall–Kier alpha value is -2.54. The molecule has 0 aliphatic carbocycles. The first-order valence-electron chi connectivity index (χ1n) is 9.63. The maximum atomic E-state index is 13.8. The Morgan fingerprint density at radius 1 is 1.07 bits per heavy atom. The zero-order valence-corrected chi connectivity index (χ0v) is 16.9. The van der Waals surface area contributed by atoms with Gasteiger partial charge in [-0.1, -0.05) is 18.7 Å².